The molecule has 2 amide bonds. The van der Waals surface area contributed by atoms with Crippen LogP contribution in [0.4, 0.5) is 15.3 Å². The number of hydrogen-bond donors (Lipinski definition) is 1. The highest BCUT2D eigenvalue weighted by molar-refractivity contribution is 8.14. The third kappa shape index (κ3) is 7.63. The van der Waals surface area contributed by atoms with E-state index in [1.807, 2.05) is 63.2 Å². The highest BCUT2D eigenvalue weighted by Crippen LogP contribution is 2.30. The number of hydrogen-bond acceptors (Lipinski definition) is 8. The SMILES string of the molecule is CCOc1cc(C2=NN(Cc3ccc(NC(=O)OC(C)CN(C)C)cc3)C(=O)SC2)ccc1OC. The normalized spacial score (nSPS) is 14.4. The van der Waals surface area contributed by atoms with E-state index in [2.05, 4.69) is 10.4 Å². The molecule has 188 valence electrons. The van der Waals surface area contributed by atoms with Gasteiger partial charge in [0.25, 0.3) is 0 Å². The number of benzene rings is 2. The number of rotatable bonds is 10. The summed E-state index contributed by atoms with van der Waals surface area (Å²) in [7, 11) is 5.44. The van der Waals surface area contributed by atoms with Crippen molar-refractivity contribution in [3.05, 3.63) is 53.6 Å². The quantitative estimate of drug-likeness (QED) is 0.507. The predicted molar refractivity (Wildman–Crippen MR) is 139 cm³/mol. The second-order valence-electron chi connectivity index (χ2n) is 8.26. The van der Waals surface area contributed by atoms with Gasteiger partial charge >= 0.3 is 11.3 Å². The maximum absolute atomic E-state index is 12.5. The molecule has 0 fully saturated rings. The van der Waals surface area contributed by atoms with E-state index in [4.69, 9.17) is 14.2 Å². The fourth-order valence-corrected chi connectivity index (χ4v) is 4.27. The molecule has 0 bridgehead atoms. The Bertz CT molecular complexity index is 1060. The third-order valence-corrected chi connectivity index (χ3v) is 5.92. The number of amides is 2. The molecule has 1 heterocycles. The van der Waals surface area contributed by atoms with Crippen molar-refractivity contribution in [2.45, 2.75) is 26.5 Å². The van der Waals surface area contributed by atoms with E-state index in [-0.39, 0.29) is 11.3 Å². The molecule has 1 aliphatic heterocycles. The molecule has 1 unspecified atom stereocenters. The van der Waals surface area contributed by atoms with Crippen LogP contribution in [-0.2, 0) is 11.3 Å². The first-order valence-corrected chi connectivity index (χ1v) is 12.3. The Morgan fingerprint density at radius 1 is 1.20 bits per heavy atom. The molecule has 9 nitrogen and oxygen atoms in total. The molecule has 0 radical (unpaired) electrons. The highest BCUT2D eigenvalue weighted by atomic mass is 32.2. The van der Waals surface area contributed by atoms with E-state index in [0.29, 0.717) is 42.6 Å². The number of nitrogens with one attached hydrogen (secondary N) is 1. The topological polar surface area (TPSA) is 92.7 Å². The number of ether oxygens (including phenoxy) is 3. The van der Waals surface area contributed by atoms with E-state index >= 15 is 0 Å². The molecule has 3 rings (SSSR count). The highest BCUT2D eigenvalue weighted by Gasteiger charge is 2.23. The number of methoxy groups -OCH3 is 1. The van der Waals surface area contributed by atoms with Crippen molar-refractivity contribution in [1.82, 2.24) is 9.91 Å². The lowest BCUT2D eigenvalue weighted by molar-refractivity contribution is 0.103. The van der Waals surface area contributed by atoms with Gasteiger partial charge in [-0.15, -0.1) is 0 Å². The first-order chi connectivity index (χ1) is 16.8. The van der Waals surface area contributed by atoms with Crippen LogP contribution in [0.5, 0.6) is 11.5 Å². The second kappa shape index (κ2) is 12.5. The van der Waals surface area contributed by atoms with Crippen LogP contribution >= 0.6 is 11.8 Å². The van der Waals surface area contributed by atoms with Gasteiger partial charge in [0, 0.05) is 23.5 Å². The van der Waals surface area contributed by atoms with Gasteiger partial charge in [0.2, 0.25) is 0 Å². The molecular weight excluding hydrogens is 468 g/mol. The summed E-state index contributed by atoms with van der Waals surface area (Å²) in [5.74, 6) is 1.77. The fourth-order valence-electron chi connectivity index (χ4n) is 3.53. The van der Waals surface area contributed by atoms with Crippen LogP contribution in [0.1, 0.15) is 25.0 Å². The van der Waals surface area contributed by atoms with Crippen molar-refractivity contribution in [1.29, 1.82) is 0 Å². The molecule has 35 heavy (non-hydrogen) atoms. The summed E-state index contributed by atoms with van der Waals surface area (Å²) in [5, 5.41) is 8.66. The Kier molecular flexibility index (Phi) is 9.39. The number of carbonyl (C=O) groups is 2. The average Bonchev–Trinajstić information content (AvgIpc) is 2.81. The summed E-state index contributed by atoms with van der Waals surface area (Å²) in [6.45, 7) is 5.22. The Morgan fingerprint density at radius 2 is 1.94 bits per heavy atom. The Hall–Kier alpha value is -3.24. The van der Waals surface area contributed by atoms with Gasteiger partial charge in [-0.2, -0.15) is 5.10 Å². The Balaban J connectivity index is 1.66. The third-order valence-electron chi connectivity index (χ3n) is 5.04. The monoisotopic (exact) mass is 500 g/mol. The first-order valence-electron chi connectivity index (χ1n) is 11.3. The minimum atomic E-state index is -0.505. The van der Waals surface area contributed by atoms with Crippen molar-refractivity contribution in [3.63, 3.8) is 0 Å². The van der Waals surface area contributed by atoms with E-state index in [9.17, 15) is 9.59 Å². The number of nitrogens with zero attached hydrogens (tertiary/aromatic N) is 3. The molecule has 0 aliphatic carbocycles. The van der Waals surface area contributed by atoms with Crippen LogP contribution in [-0.4, -0.2) is 73.2 Å². The number of hydrazone groups is 1. The molecule has 0 saturated heterocycles. The Labute approximate surface area is 210 Å². The predicted octanol–water partition coefficient (Wildman–Crippen LogP) is 4.67. The number of likely N-dealkylation sites (N-methyl/N-ethyl adjacent to an activating group) is 1. The maximum atomic E-state index is 12.5. The molecule has 0 aromatic heterocycles. The zero-order chi connectivity index (χ0) is 25.4. The summed E-state index contributed by atoms with van der Waals surface area (Å²) in [5.41, 5.74) is 3.15. The average molecular weight is 501 g/mol. The lowest BCUT2D eigenvalue weighted by Gasteiger charge is -2.23. The first kappa shape index (κ1) is 26.4. The number of carbonyl (C=O) groups excluding carboxylic acids is 2. The maximum Gasteiger partial charge on any atom is 0.411 e. The van der Waals surface area contributed by atoms with Gasteiger partial charge in [0.05, 0.1) is 26.0 Å². The van der Waals surface area contributed by atoms with E-state index < -0.39 is 6.09 Å². The van der Waals surface area contributed by atoms with E-state index in [1.165, 1.54) is 16.8 Å². The lowest BCUT2D eigenvalue weighted by atomic mass is 10.1. The Morgan fingerprint density at radius 3 is 2.60 bits per heavy atom. The van der Waals surface area contributed by atoms with Gasteiger partial charge in [0.15, 0.2) is 11.5 Å². The van der Waals surface area contributed by atoms with Crippen molar-refractivity contribution in [2.75, 3.05) is 45.4 Å². The molecule has 1 N–H and O–H groups in total. The zero-order valence-corrected chi connectivity index (χ0v) is 21.6. The van der Waals surface area contributed by atoms with Crippen molar-refractivity contribution < 1.29 is 23.8 Å². The van der Waals surface area contributed by atoms with Gasteiger partial charge in [0.1, 0.15) is 6.10 Å². The summed E-state index contributed by atoms with van der Waals surface area (Å²) < 4.78 is 16.4. The number of anilines is 1. The van der Waals surface area contributed by atoms with Crippen molar-refractivity contribution >= 4 is 34.5 Å². The minimum Gasteiger partial charge on any atom is -0.493 e. The van der Waals surface area contributed by atoms with Gasteiger partial charge in [-0.25, -0.2) is 9.80 Å². The molecule has 10 heteroatoms. The molecular formula is C25H32N4O5S. The van der Waals surface area contributed by atoms with Gasteiger partial charge in [-0.1, -0.05) is 23.9 Å². The summed E-state index contributed by atoms with van der Waals surface area (Å²) in [6.07, 6.45) is -0.732. The molecule has 2 aromatic carbocycles. The van der Waals surface area contributed by atoms with Crippen molar-refractivity contribution in [3.8, 4) is 11.5 Å². The van der Waals surface area contributed by atoms with Crippen LogP contribution in [0.3, 0.4) is 0 Å². The van der Waals surface area contributed by atoms with Crippen molar-refractivity contribution in [2.24, 2.45) is 5.10 Å². The standard InChI is InChI=1S/C25H32N4O5S/c1-6-33-23-13-19(9-12-22(23)32-5)21-16-35-25(31)29(27-21)15-18-7-10-20(11-8-18)26-24(30)34-17(2)14-28(3)4/h7-13,17H,6,14-16H2,1-5H3,(H,26,30). The van der Waals surface area contributed by atoms with Gasteiger partial charge < -0.3 is 19.1 Å². The number of thioether (sulfide) groups is 1. The van der Waals surface area contributed by atoms with Crippen LogP contribution in [0.2, 0.25) is 0 Å². The fraction of sp³-hybridized carbons (Fsp3) is 0.400. The van der Waals surface area contributed by atoms with Crippen LogP contribution < -0.4 is 14.8 Å². The molecule has 2 aromatic rings. The van der Waals surface area contributed by atoms with E-state index in [1.54, 1.807) is 19.2 Å². The summed E-state index contributed by atoms with van der Waals surface area (Å²) in [4.78, 5) is 26.5. The zero-order valence-electron chi connectivity index (χ0n) is 20.7. The van der Waals surface area contributed by atoms with Crippen LogP contribution in [0.25, 0.3) is 0 Å². The molecule has 0 spiro atoms. The molecule has 0 saturated carbocycles. The minimum absolute atomic E-state index is 0.118. The summed E-state index contributed by atoms with van der Waals surface area (Å²) >= 11 is 1.21. The van der Waals surface area contributed by atoms with E-state index in [0.717, 1.165) is 16.8 Å². The van der Waals surface area contributed by atoms with Crippen LogP contribution in [0.15, 0.2) is 47.6 Å². The molecule has 1 aliphatic rings. The largest absolute Gasteiger partial charge is 0.493 e. The smallest absolute Gasteiger partial charge is 0.411 e. The lowest BCUT2D eigenvalue weighted by Crippen LogP contribution is -2.30. The van der Waals surface area contributed by atoms with Crippen LogP contribution in [0, 0.1) is 0 Å². The van der Waals surface area contributed by atoms with Gasteiger partial charge in [-0.3, -0.25) is 10.1 Å². The summed E-state index contributed by atoms with van der Waals surface area (Å²) in [6, 6.07) is 12.9. The van der Waals surface area contributed by atoms with Gasteiger partial charge in [-0.05, 0) is 63.8 Å². The second-order valence-corrected chi connectivity index (χ2v) is 9.18. The molecule has 1 atom stereocenters.